The lowest BCUT2D eigenvalue weighted by atomic mass is 10.0. The minimum absolute atomic E-state index is 0.151. The Labute approximate surface area is 135 Å². The molecule has 0 radical (unpaired) electrons. The van der Waals surface area contributed by atoms with E-state index in [0.29, 0.717) is 17.3 Å². The number of nitrogens with one attached hydrogen (secondary N) is 1. The number of para-hydroxylation sites is 1. The minimum atomic E-state index is -0.151. The first-order valence-corrected chi connectivity index (χ1v) is 7.50. The second-order valence-corrected chi connectivity index (χ2v) is 5.57. The summed E-state index contributed by atoms with van der Waals surface area (Å²) >= 11 is 0. The zero-order valence-electron chi connectivity index (χ0n) is 13.1. The van der Waals surface area contributed by atoms with E-state index in [1.807, 2.05) is 24.3 Å². The van der Waals surface area contributed by atoms with Crippen molar-refractivity contribution in [1.82, 2.24) is 14.5 Å². The van der Waals surface area contributed by atoms with Crippen LogP contribution in [0.5, 0.6) is 0 Å². The Kier molecular flexibility index (Phi) is 4.19. The SMILES string of the molecule is CC(C)c1ccccc1NC(=O)c1ccnc(-n2ccnc2)c1. The molecule has 1 N–H and O–H groups in total. The van der Waals surface area contributed by atoms with Crippen LogP contribution in [0.2, 0.25) is 0 Å². The quantitative estimate of drug-likeness (QED) is 0.800. The molecule has 0 spiro atoms. The van der Waals surface area contributed by atoms with Crippen LogP contribution in [-0.2, 0) is 0 Å². The van der Waals surface area contributed by atoms with Crippen molar-refractivity contribution in [2.45, 2.75) is 19.8 Å². The van der Waals surface area contributed by atoms with Crippen LogP contribution in [-0.4, -0.2) is 20.4 Å². The summed E-state index contributed by atoms with van der Waals surface area (Å²) in [5.41, 5.74) is 2.51. The second kappa shape index (κ2) is 6.44. The van der Waals surface area contributed by atoms with Gasteiger partial charge in [0, 0.05) is 29.8 Å². The number of imidazole rings is 1. The van der Waals surface area contributed by atoms with Crippen molar-refractivity contribution >= 4 is 11.6 Å². The third-order valence-corrected chi connectivity index (χ3v) is 3.61. The first-order chi connectivity index (χ1) is 11.1. The van der Waals surface area contributed by atoms with E-state index in [1.54, 1.807) is 41.6 Å². The van der Waals surface area contributed by atoms with Crippen LogP contribution >= 0.6 is 0 Å². The van der Waals surface area contributed by atoms with E-state index >= 15 is 0 Å². The van der Waals surface area contributed by atoms with Gasteiger partial charge in [-0.2, -0.15) is 0 Å². The van der Waals surface area contributed by atoms with Crippen LogP contribution in [0.3, 0.4) is 0 Å². The van der Waals surface area contributed by atoms with Crippen LogP contribution < -0.4 is 5.32 Å². The molecule has 0 bridgehead atoms. The molecule has 0 aliphatic carbocycles. The maximum atomic E-state index is 12.5. The van der Waals surface area contributed by atoms with Gasteiger partial charge in [-0.25, -0.2) is 9.97 Å². The first kappa shape index (κ1) is 15.0. The molecule has 2 aromatic heterocycles. The molecule has 0 saturated heterocycles. The summed E-state index contributed by atoms with van der Waals surface area (Å²) in [7, 11) is 0. The van der Waals surface area contributed by atoms with Gasteiger partial charge >= 0.3 is 0 Å². The number of hydrogen-bond donors (Lipinski definition) is 1. The molecule has 3 rings (SSSR count). The van der Waals surface area contributed by atoms with Crippen molar-refractivity contribution in [2.75, 3.05) is 5.32 Å². The third-order valence-electron chi connectivity index (χ3n) is 3.61. The van der Waals surface area contributed by atoms with E-state index in [-0.39, 0.29) is 5.91 Å². The molecule has 0 unspecified atom stereocenters. The van der Waals surface area contributed by atoms with Gasteiger partial charge in [0.15, 0.2) is 0 Å². The number of pyridine rings is 1. The van der Waals surface area contributed by atoms with E-state index in [0.717, 1.165) is 11.3 Å². The van der Waals surface area contributed by atoms with E-state index in [9.17, 15) is 4.79 Å². The van der Waals surface area contributed by atoms with Gasteiger partial charge in [0.1, 0.15) is 12.1 Å². The molecule has 0 atom stereocenters. The predicted molar refractivity (Wildman–Crippen MR) is 89.8 cm³/mol. The smallest absolute Gasteiger partial charge is 0.255 e. The average molecular weight is 306 g/mol. The van der Waals surface area contributed by atoms with Gasteiger partial charge in [-0.1, -0.05) is 32.0 Å². The van der Waals surface area contributed by atoms with Crippen molar-refractivity contribution in [1.29, 1.82) is 0 Å². The van der Waals surface area contributed by atoms with Gasteiger partial charge in [-0.15, -0.1) is 0 Å². The summed E-state index contributed by atoms with van der Waals surface area (Å²) in [4.78, 5) is 20.8. The Morgan fingerprint density at radius 2 is 2.00 bits per heavy atom. The molecule has 0 saturated carbocycles. The molecular formula is C18H18N4O. The van der Waals surface area contributed by atoms with Crippen molar-refractivity contribution in [3.05, 3.63) is 72.4 Å². The van der Waals surface area contributed by atoms with E-state index in [2.05, 4.69) is 29.1 Å². The van der Waals surface area contributed by atoms with E-state index in [1.165, 1.54) is 0 Å². The summed E-state index contributed by atoms with van der Waals surface area (Å²) in [6.45, 7) is 4.21. The topological polar surface area (TPSA) is 59.8 Å². The maximum Gasteiger partial charge on any atom is 0.255 e. The van der Waals surface area contributed by atoms with E-state index in [4.69, 9.17) is 0 Å². The lowest BCUT2D eigenvalue weighted by Gasteiger charge is -2.13. The third kappa shape index (κ3) is 3.29. The Morgan fingerprint density at radius 1 is 1.17 bits per heavy atom. The number of nitrogens with zero attached hydrogens (tertiary/aromatic N) is 3. The average Bonchev–Trinajstić information content (AvgIpc) is 3.10. The predicted octanol–water partition coefficient (Wildman–Crippen LogP) is 3.64. The molecule has 0 aliphatic heterocycles. The number of amides is 1. The lowest BCUT2D eigenvalue weighted by molar-refractivity contribution is 0.102. The molecule has 0 aliphatic rings. The maximum absolute atomic E-state index is 12.5. The summed E-state index contributed by atoms with van der Waals surface area (Å²) < 4.78 is 1.76. The molecule has 5 heteroatoms. The molecule has 3 aromatic rings. The molecule has 5 nitrogen and oxygen atoms in total. The number of benzene rings is 1. The molecule has 2 heterocycles. The fraction of sp³-hybridized carbons (Fsp3) is 0.167. The molecule has 23 heavy (non-hydrogen) atoms. The summed E-state index contributed by atoms with van der Waals surface area (Å²) in [5.74, 6) is 0.847. The zero-order valence-corrected chi connectivity index (χ0v) is 13.1. The Bertz CT molecular complexity index is 809. The summed E-state index contributed by atoms with van der Waals surface area (Å²) in [6, 6.07) is 11.3. The normalized spacial score (nSPS) is 10.7. The van der Waals surface area contributed by atoms with Crippen LogP contribution in [0.25, 0.3) is 5.82 Å². The monoisotopic (exact) mass is 306 g/mol. The highest BCUT2D eigenvalue weighted by Gasteiger charge is 2.12. The largest absolute Gasteiger partial charge is 0.322 e. The number of rotatable bonds is 4. The summed E-state index contributed by atoms with van der Waals surface area (Å²) in [6.07, 6.45) is 6.74. The van der Waals surface area contributed by atoms with Crippen LogP contribution in [0, 0.1) is 0 Å². The fourth-order valence-electron chi connectivity index (χ4n) is 2.40. The molecular weight excluding hydrogens is 288 g/mol. The number of carbonyl (C=O) groups is 1. The fourth-order valence-corrected chi connectivity index (χ4v) is 2.40. The highest BCUT2D eigenvalue weighted by atomic mass is 16.1. The van der Waals surface area contributed by atoms with E-state index < -0.39 is 0 Å². The first-order valence-electron chi connectivity index (χ1n) is 7.50. The molecule has 1 aromatic carbocycles. The highest BCUT2D eigenvalue weighted by molar-refractivity contribution is 6.04. The van der Waals surface area contributed by atoms with Gasteiger partial charge in [0.25, 0.3) is 5.91 Å². The second-order valence-electron chi connectivity index (χ2n) is 5.57. The lowest BCUT2D eigenvalue weighted by Crippen LogP contribution is -2.14. The van der Waals surface area contributed by atoms with Crippen molar-refractivity contribution in [3.63, 3.8) is 0 Å². The van der Waals surface area contributed by atoms with Crippen LogP contribution in [0.4, 0.5) is 5.69 Å². The van der Waals surface area contributed by atoms with Gasteiger partial charge in [-0.3, -0.25) is 9.36 Å². The molecule has 0 fully saturated rings. The zero-order chi connectivity index (χ0) is 16.2. The number of aromatic nitrogens is 3. The van der Waals surface area contributed by atoms with Crippen molar-refractivity contribution in [2.24, 2.45) is 0 Å². The van der Waals surface area contributed by atoms with Gasteiger partial charge in [-0.05, 0) is 29.7 Å². The minimum Gasteiger partial charge on any atom is -0.322 e. The standard InChI is InChI=1S/C18H18N4O/c1-13(2)15-5-3-4-6-16(15)21-18(23)14-7-8-20-17(11-14)22-10-9-19-12-22/h3-13H,1-2H3,(H,21,23). The summed E-state index contributed by atoms with van der Waals surface area (Å²) in [5, 5.41) is 2.99. The highest BCUT2D eigenvalue weighted by Crippen LogP contribution is 2.24. The molecule has 116 valence electrons. The van der Waals surface area contributed by atoms with Crippen LogP contribution in [0.15, 0.2) is 61.3 Å². The number of anilines is 1. The van der Waals surface area contributed by atoms with Gasteiger partial charge in [0.2, 0.25) is 0 Å². The van der Waals surface area contributed by atoms with Crippen molar-refractivity contribution in [3.8, 4) is 5.82 Å². The van der Waals surface area contributed by atoms with Gasteiger partial charge < -0.3 is 5.32 Å². The van der Waals surface area contributed by atoms with Crippen molar-refractivity contribution < 1.29 is 4.79 Å². The number of hydrogen-bond acceptors (Lipinski definition) is 3. The van der Waals surface area contributed by atoms with Gasteiger partial charge in [0.05, 0.1) is 0 Å². The Morgan fingerprint density at radius 3 is 2.74 bits per heavy atom. The Hall–Kier alpha value is -2.95. The number of carbonyl (C=O) groups excluding carboxylic acids is 1. The van der Waals surface area contributed by atoms with Crippen LogP contribution in [0.1, 0.15) is 35.7 Å². The Balaban J connectivity index is 1.86. The molecule has 1 amide bonds.